The van der Waals surface area contributed by atoms with E-state index in [0.717, 1.165) is 0 Å². The summed E-state index contributed by atoms with van der Waals surface area (Å²) < 4.78 is 0. The van der Waals surface area contributed by atoms with E-state index >= 15 is 0 Å². The monoisotopic (exact) mass is 232 g/mol. The molecule has 0 unspecified atom stereocenters. The van der Waals surface area contributed by atoms with Gasteiger partial charge in [0.1, 0.15) is 0 Å². The van der Waals surface area contributed by atoms with Crippen LogP contribution in [-0.2, 0) is 0 Å². The Morgan fingerprint density at radius 2 is 1.93 bits per heavy atom. The van der Waals surface area contributed by atoms with Crippen LogP contribution < -0.4 is 5.32 Å². The van der Waals surface area contributed by atoms with Crippen molar-refractivity contribution in [3.63, 3.8) is 0 Å². The van der Waals surface area contributed by atoms with Crippen molar-refractivity contribution in [3.8, 4) is 0 Å². The van der Waals surface area contributed by atoms with E-state index in [1.54, 1.807) is 0 Å². The summed E-state index contributed by atoms with van der Waals surface area (Å²) in [5, 5.41) is 3.48. The van der Waals surface area contributed by atoms with Crippen LogP contribution in [0.2, 0.25) is 0 Å². The van der Waals surface area contributed by atoms with Gasteiger partial charge < -0.3 is 10.2 Å². The van der Waals surface area contributed by atoms with Crippen molar-refractivity contribution in [3.05, 3.63) is 0 Å². The molecule has 0 aromatic heterocycles. The number of thioether (sulfide) groups is 1. The lowest BCUT2D eigenvalue weighted by Crippen LogP contribution is -2.28. The molecule has 0 atom stereocenters. The smallest absolute Gasteiger partial charge is 0.00579 e. The maximum Gasteiger partial charge on any atom is 0.00579 e. The first-order valence-corrected chi connectivity index (χ1v) is 7.32. The minimum Gasteiger partial charge on any atom is -0.316 e. The molecule has 0 bridgehead atoms. The molecule has 0 aliphatic rings. The first-order chi connectivity index (χ1) is 7.18. The standard InChI is InChI=1S/C12H28N2S/c1-5-15-11-9-13-8-6-7-10-14(4)12(2)3/h12-13H,5-11H2,1-4H3. The topological polar surface area (TPSA) is 15.3 Å². The molecule has 15 heavy (non-hydrogen) atoms. The summed E-state index contributed by atoms with van der Waals surface area (Å²) >= 11 is 2.01. The third-order valence-corrected chi connectivity index (χ3v) is 3.52. The van der Waals surface area contributed by atoms with Gasteiger partial charge in [0, 0.05) is 18.3 Å². The van der Waals surface area contributed by atoms with Gasteiger partial charge in [-0.2, -0.15) is 11.8 Å². The Morgan fingerprint density at radius 1 is 1.20 bits per heavy atom. The van der Waals surface area contributed by atoms with Crippen LogP contribution in [-0.4, -0.2) is 49.1 Å². The Hall–Kier alpha value is 0.270. The van der Waals surface area contributed by atoms with Crippen molar-refractivity contribution in [2.75, 3.05) is 38.2 Å². The van der Waals surface area contributed by atoms with Crippen LogP contribution in [0.3, 0.4) is 0 Å². The molecular weight excluding hydrogens is 204 g/mol. The van der Waals surface area contributed by atoms with Gasteiger partial charge in [0.2, 0.25) is 0 Å². The van der Waals surface area contributed by atoms with E-state index in [0.29, 0.717) is 6.04 Å². The lowest BCUT2D eigenvalue weighted by molar-refractivity contribution is 0.268. The fourth-order valence-corrected chi connectivity index (χ4v) is 1.86. The summed E-state index contributed by atoms with van der Waals surface area (Å²) in [7, 11) is 2.20. The molecule has 0 radical (unpaired) electrons. The second kappa shape index (κ2) is 10.8. The average molecular weight is 232 g/mol. The van der Waals surface area contributed by atoms with Gasteiger partial charge in [-0.1, -0.05) is 6.92 Å². The van der Waals surface area contributed by atoms with Crippen LogP contribution in [0, 0.1) is 0 Å². The highest BCUT2D eigenvalue weighted by Crippen LogP contribution is 1.98. The summed E-state index contributed by atoms with van der Waals surface area (Å²) in [6, 6.07) is 0.680. The fraction of sp³-hybridized carbons (Fsp3) is 1.00. The minimum atomic E-state index is 0.680. The molecule has 0 aromatic rings. The third-order valence-electron chi connectivity index (χ3n) is 2.62. The molecule has 92 valence electrons. The van der Waals surface area contributed by atoms with Crippen molar-refractivity contribution >= 4 is 11.8 Å². The highest BCUT2D eigenvalue weighted by atomic mass is 32.2. The van der Waals surface area contributed by atoms with Crippen LogP contribution in [0.5, 0.6) is 0 Å². The molecule has 0 rings (SSSR count). The summed E-state index contributed by atoms with van der Waals surface area (Å²) in [5.74, 6) is 2.49. The quantitative estimate of drug-likeness (QED) is 0.583. The highest BCUT2D eigenvalue weighted by molar-refractivity contribution is 7.99. The van der Waals surface area contributed by atoms with Gasteiger partial charge in [-0.05, 0) is 52.6 Å². The maximum atomic E-state index is 3.48. The van der Waals surface area contributed by atoms with Crippen LogP contribution in [0.15, 0.2) is 0 Å². The first kappa shape index (κ1) is 15.3. The Bertz CT molecular complexity index is 129. The molecule has 0 aromatic carbocycles. The summed E-state index contributed by atoms with van der Waals surface area (Å²) in [6.07, 6.45) is 2.61. The van der Waals surface area contributed by atoms with Crippen molar-refractivity contribution in [1.82, 2.24) is 10.2 Å². The minimum absolute atomic E-state index is 0.680. The van der Waals surface area contributed by atoms with Crippen molar-refractivity contribution in [2.24, 2.45) is 0 Å². The summed E-state index contributed by atoms with van der Waals surface area (Å²) in [4.78, 5) is 2.41. The van der Waals surface area contributed by atoms with E-state index in [4.69, 9.17) is 0 Å². The number of rotatable bonds is 10. The highest BCUT2D eigenvalue weighted by Gasteiger charge is 2.01. The SMILES string of the molecule is CCSCCNCCCCN(C)C(C)C. The number of unbranched alkanes of at least 4 members (excludes halogenated alkanes) is 1. The molecule has 0 heterocycles. The van der Waals surface area contributed by atoms with Crippen LogP contribution in [0.25, 0.3) is 0 Å². The number of hydrogen-bond acceptors (Lipinski definition) is 3. The second-order valence-corrected chi connectivity index (χ2v) is 5.62. The number of nitrogens with zero attached hydrogens (tertiary/aromatic N) is 1. The Labute approximate surface area is 100 Å². The molecule has 3 heteroatoms. The maximum absolute atomic E-state index is 3.48. The van der Waals surface area contributed by atoms with Gasteiger partial charge in [0.25, 0.3) is 0 Å². The van der Waals surface area contributed by atoms with Crippen LogP contribution in [0.4, 0.5) is 0 Å². The van der Waals surface area contributed by atoms with E-state index < -0.39 is 0 Å². The van der Waals surface area contributed by atoms with Gasteiger partial charge >= 0.3 is 0 Å². The van der Waals surface area contributed by atoms with E-state index in [1.807, 2.05) is 11.8 Å². The molecule has 0 saturated carbocycles. The Kier molecular flexibility index (Phi) is 11.0. The van der Waals surface area contributed by atoms with E-state index in [-0.39, 0.29) is 0 Å². The van der Waals surface area contributed by atoms with Gasteiger partial charge in [0.15, 0.2) is 0 Å². The van der Waals surface area contributed by atoms with Crippen molar-refractivity contribution < 1.29 is 0 Å². The Balaban J connectivity index is 3.05. The average Bonchev–Trinajstić information content (AvgIpc) is 2.21. The molecule has 0 amide bonds. The Morgan fingerprint density at radius 3 is 2.53 bits per heavy atom. The molecular formula is C12H28N2S. The van der Waals surface area contributed by atoms with Gasteiger partial charge in [-0.3, -0.25) is 0 Å². The van der Waals surface area contributed by atoms with Gasteiger partial charge in [-0.25, -0.2) is 0 Å². The molecule has 2 nitrogen and oxygen atoms in total. The normalized spacial score (nSPS) is 11.6. The van der Waals surface area contributed by atoms with Crippen molar-refractivity contribution in [1.29, 1.82) is 0 Å². The molecule has 1 N–H and O–H groups in total. The van der Waals surface area contributed by atoms with Crippen LogP contribution in [0.1, 0.15) is 33.6 Å². The first-order valence-electron chi connectivity index (χ1n) is 6.17. The molecule has 0 spiro atoms. The second-order valence-electron chi connectivity index (χ2n) is 4.23. The molecule has 0 fully saturated rings. The zero-order valence-corrected chi connectivity index (χ0v) is 11.7. The number of hydrogen-bond donors (Lipinski definition) is 1. The lowest BCUT2D eigenvalue weighted by Gasteiger charge is -2.20. The predicted molar refractivity (Wildman–Crippen MR) is 72.9 cm³/mol. The van der Waals surface area contributed by atoms with Crippen molar-refractivity contribution in [2.45, 2.75) is 39.7 Å². The third kappa shape index (κ3) is 10.6. The van der Waals surface area contributed by atoms with Gasteiger partial charge in [0.05, 0.1) is 0 Å². The lowest BCUT2D eigenvalue weighted by atomic mass is 10.2. The summed E-state index contributed by atoms with van der Waals surface area (Å²) in [5.41, 5.74) is 0. The van der Waals surface area contributed by atoms with E-state index in [9.17, 15) is 0 Å². The number of nitrogens with one attached hydrogen (secondary N) is 1. The molecule has 0 aliphatic heterocycles. The van der Waals surface area contributed by atoms with E-state index in [2.05, 4.69) is 38.0 Å². The fourth-order valence-electron chi connectivity index (χ4n) is 1.28. The zero-order chi connectivity index (χ0) is 11.5. The molecule has 0 aliphatic carbocycles. The molecule has 0 saturated heterocycles. The summed E-state index contributed by atoms with van der Waals surface area (Å²) in [6.45, 7) is 10.3. The van der Waals surface area contributed by atoms with Crippen LogP contribution >= 0.6 is 11.8 Å². The van der Waals surface area contributed by atoms with E-state index in [1.165, 1.54) is 44.0 Å². The largest absolute Gasteiger partial charge is 0.316 e. The zero-order valence-electron chi connectivity index (χ0n) is 10.9. The van der Waals surface area contributed by atoms with Gasteiger partial charge in [-0.15, -0.1) is 0 Å². The predicted octanol–water partition coefficient (Wildman–Crippen LogP) is 2.45.